The molecule has 18 heavy (non-hydrogen) atoms. The maximum absolute atomic E-state index is 10.0. The van der Waals surface area contributed by atoms with E-state index in [9.17, 15) is 13.2 Å². The molecular formula is C10H24N2O5S. The lowest BCUT2D eigenvalue weighted by molar-refractivity contribution is -0.113. The number of amides is 1. The Labute approximate surface area is 110 Å². The molecule has 1 amide bonds. The lowest BCUT2D eigenvalue weighted by Gasteiger charge is -1.90. The minimum absolute atomic E-state index is 0.363. The number of carbonyl (C=O) groups is 1. The maximum atomic E-state index is 10.0. The molecule has 0 aromatic carbocycles. The minimum Gasteiger partial charge on any atom is -0.366 e. The summed E-state index contributed by atoms with van der Waals surface area (Å²) in [4.78, 5) is 12.0. The van der Waals surface area contributed by atoms with Gasteiger partial charge in [0.15, 0.2) is 0 Å². The van der Waals surface area contributed by atoms with Crippen molar-refractivity contribution in [2.24, 2.45) is 5.73 Å². The quantitative estimate of drug-likeness (QED) is 0.572. The fourth-order valence-electron chi connectivity index (χ4n) is 0.366. The molecule has 0 bridgehead atoms. The first-order chi connectivity index (χ1) is 8.06. The molecule has 0 saturated carbocycles. The smallest absolute Gasteiger partial charge is 0.366 e. The summed E-state index contributed by atoms with van der Waals surface area (Å²) in [7, 11) is 2.71. The first-order valence-corrected chi connectivity index (χ1v) is 6.53. The lowest BCUT2D eigenvalue weighted by Crippen LogP contribution is -2.05. The van der Waals surface area contributed by atoms with Gasteiger partial charge in [-0.05, 0) is 33.6 Å². The molecule has 0 unspecified atom stereocenters. The summed E-state index contributed by atoms with van der Waals surface area (Å²) in [5.41, 5.74) is 4.81. The monoisotopic (exact) mass is 284 g/mol. The predicted octanol–water partition coefficient (Wildman–Crippen LogP) is 0.441. The molecule has 7 nitrogen and oxygen atoms in total. The Balaban J connectivity index is -0.000000200. The third-order valence-electron chi connectivity index (χ3n) is 0.948. The number of primary amides is 1. The van der Waals surface area contributed by atoms with Crippen LogP contribution in [0.15, 0.2) is 12.2 Å². The standard InChI is InChI=1S/C6H11NO.C3H9N.CH4O4S/c1-2-3-4-5-6(7)8;1-4(2)3;1-5-6(2,3)4/h4-5H,2-3H2,1H3,(H2,7,8);1-3H3;1H3,(H,2,3,4). The third-order valence-corrected chi connectivity index (χ3v) is 1.37. The van der Waals surface area contributed by atoms with Crippen molar-refractivity contribution in [1.29, 1.82) is 0 Å². The van der Waals surface area contributed by atoms with Gasteiger partial charge < -0.3 is 10.6 Å². The zero-order valence-electron chi connectivity index (χ0n) is 11.6. The van der Waals surface area contributed by atoms with E-state index in [1.165, 1.54) is 6.08 Å². The zero-order chi connectivity index (χ0) is 15.2. The normalized spacial score (nSPS) is 10.4. The van der Waals surface area contributed by atoms with Crippen LogP contribution in [-0.4, -0.2) is 52.0 Å². The summed E-state index contributed by atoms with van der Waals surface area (Å²) in [6, 6.07) is 0. The van der Waals surface area contributed by atoms with Gasteiger partial charge in [-0.3, -0.25) is 13.5 Å². The topological polar surface area (TPSA) is 110 Å². The van der Waals surface area contributed by atoms with Crippen molar-refractivity contribution < 1.29 is 21.9 Å². The molecule has 0 aliphatic carbocycles. The van der Waals surface area contributed by atoms with Gasteiger partial charge in [0, 0.05) is 0 Å². The zero-order valence-corrected chi connectivity index (χ0v) is 12.4. The highest BCUT2D eigenvalue weighted by Gasteiger charge is 1.94. The second-order valence-electron chi connectivity index (χ2n) is 3.53. The van der Waals surface area contributed by atoms with E-state index in [4.69, 9.17) is 10.3 Å². The number of hydrogen-bond donors (Lipinski definition) is 2. The van der Waals surface area contributed by atoms with Gasteiger partial charge in [-0.15, -0.1) is 0 Å². The summed E-state index contributed by atoms with van der Waals surface area (Å²) < 4.78 is 29.7. The Morgan fingerprint density at radius 2 is 1.72 bits per heavy atom. The number of rotatable bonds is 4. The van der Waals surface area contributed by atoms with Gasteiger partial charge in [0.05, 0.1) is 7.11 Å². The van der Waals surface area contributed by atoms with Gasteiger partial charge in [0.2, 0.25) is 5.91 Å². The van der Waals surface area contributed by atoms with Gasteiger partial charge in [0.25, 0.3) is 0 Å². The van der Waals surface area contributed by atoms with Gasteiger partial charge in [-0.2, -0.15) is 8.42 Å². The highest BCUT2D eigenvalue weighted by atomic mass is 32.3. The van der Waals surface area contributed by atoms with Crippen LogP contribution < -0.4 is 5.73 Å². The summed E-state index contributed by atoms with van der Waals surface area (Å²) in [6.07, 6.45) is 5.17. The number of nitrogens with zero attached hydrogens (tertiary/aromatic N) is 1. The fourth-order valence-corrected chi connectivity index (χ4v) is 0.366. The van der Waals surface area contributed by atoms with E-state index in [0.717, 1.165) is 20.0 Å². The summed E-state index contributed by atoms with van der Waals surface area (Å²) in [6.45, 7) is 2.05. The van der Waals surface area contributed by atoms with E-state index in [-0.39, 0.29) is 5.91 Å². The molecule has 3 N–H and O–H groups in total. The molecule has 110 valence electrons. The van der Waals surface area contributed by atoms with Crippen LogP contribution in [0.5, 0.6) is 0 Å². The summed E-state index contributed by atoms with van der Waals surface area (Å²) in [5.74, 6) is -0.363. The van der Waals surface area contributed by atoms with Crippen LogP contribution in [0.1, 0.15) is 19.8 Å². The van der Waals surface area contributed by atoms with Crippen molar-refractivity contribution in [2.45, 2.75) is 19.8 Å². The van der Waals surface area contributed by atoms with Gasteiger partial charge >= 0.3 is 10.4 Å². The number of allylic oxidation sites excluding steroid dienone is 1. The van der Waals surface area contributed by atoms with Crippen LogP contribution in [0.25, 0.3) is 0 Å². The van der Waals surface area contributed by atoms with E-state index in [1.54, 1.807) is 6.08 Å². The highest BCUT2D eigenvalue weighted by molar-refractivity contribution is 7.80. The Morgan fingerprint density at radius 1 is 1.39 bits per heavy atom. The highest BCUT2D eigenvalue weighted by Crippen LogP contribution is 1.86. The van der Waals surface area contributed by atoms with Crippen molar-refractivity contribution in [3.63, 3.8) is 0 Å². The lowest BCUT2D eigenvalue weighted by atomic mass is 10.3. The van der Waals surface area contributed by atoms with Crippen LogP contribution in [0.2, 0.25) is 0 Å². The molecule has 0 rings (SSSR count). The Kier molecular flexibility index (Phi) is 17.4. The minimum atomic E-state index is -4.16. The number of nitrogens with two attached hydrogens (primary N) is 1. The van der Waals surface area contributed by atoms with Crippen LogP contribution in [0.4, 0.5) is 0 Å². The van der Waals surface area contributed by atoms with E-state index in [1.807, 2.05) is 33.0 Å². The molecule has 0 radical (unpaired) electrons. The van der Waals surface area contributed by atoms with Gasteiger partial charge in [0.1, 0.15) is 0 Å². The van der Waals surface area contributed by atoms with Gasteiger partial charge in [-0.1, -0.05) is 19.4 Å². The molecule has 0 fully saturated rings. The number of hydrogen-bond acceptors (Lipinski definition) is 5. The van der Waals surface area contributed by atoms with E-state index >= 15 is 0 Å². The largest absolute Gasteiger partial charge is 0.397 e. The van der Waals surface area contributed by atoms with Crippen molar-refractivity contribution >= 4 is 16.3 Å². The second-order valence-corrected chi connectivity index (χ2v) is 4.72. The Morgan fingerprint density at radius 3 is 1.89 bits per heavy atom. The Bertz CT molecular complexity index is 309. The first kappa shape index (κ1) is 22.2. The molecular weight excluding hydrogens is 260 g/mol. The van der Waals surface area contributed by atoms with Crippen molar-refractivity contribution in [1.82, 2.24) is 4.90 Å². The van der Waals surface area contributed by atoms with Crippen LogP contribution in [-0.2, 0) is 19.4 Å². The molecule has 0 spiro atoms. The molecule has 0 heterocycles. The SMILES string of the molecule is CCCC=CC(N)=O.CN(C)C.COS(=O)(=O)O. The molecule has 0 aromatic heterocycles. The van der Waals surface area contributed by atoms with E-state index in [0.29, 0.717) is 0 Å². The summed E-state index contributed by atoms with van der Waals surface area (Å²) in [5, 5.41) is 0. The van der Waals surface area contributed by atoms with Crippen molar-refractivity contribution in [2.75, 3.05) is 28.3 Å². The number of unbranched alkanes of at least 4 members (excludes halogenated alkanes) is 1. The van der Waals surface area contributed by atoms with Gasteiger partial charge in [-0.25, -0.2) is 0 Å². The molecule has 0 aliphatic heterocycles. The maximum Gasteiger partial charge on any atom is 0.397 e. The average Bonchev–Trinajstić information content (AvgIpc) is 2.16. The second kappa shape index (κ2) is 14.1. The van der Waals surface area contributed by atoms with Crippen LogP contribution in [0.3, 0.4) is 0 Å². The molecule has 0 aliphatic rings. The first-order valence-electron chi connectivity index (χ1n) is 5.16. The third kappa shape index (κ3) is 59.8. The van der Waals surface area contributed by atoms with Crippen LogP contribution in [0, 0.1) is 0 Å². The van der Waals surface area contributed by atoms with E-state index in [2.05, 4.69) is 4.18 Å². The summed E-state index contributed by atoms with van der Waals surface area (Å²) >= 11 is 0. The molecule has 8 heteroatoms. The number of carbonyl (C=O) groups excluding carboxylic acids is 1. The van der Waals surface area contributed by atoms with Crippen molar-refractivity contribution in [3.05, 3.63) is 12.2 Å². The predicted molar refractivity (Wildman–Crippen MR) is 71.4 cm³/mol. The molecule has 0 saturated heterocycles. The molecule has 0 atom stereocenters. The van der Waals surface area contributed by atoms with Crippen LogP contribution >= 0.6 is 0 Å². The average molecular weight is 284 g/mol. The molecule has 0 aromatic rings. The Hall–Kier alpha value is -0.960. The van der Waals surface area contributed by atoms with E-state index < -0.39 is 10.4 Å². The fraction of sp³-hybridized carbons (Fsp3) is 0.700. The van der Waals surface area contributed by atoms with Crippen molar-refractivity contribution in [3.8, 4) is 0 Å².